The van der Waals surface area contributed by atoms with Crippen molar-refractivity contribution in [1.29, 1.82) is 0 Å². The Bertz CT molecular complexity index is 276. The fraction of sp³-hybridized carbons (Fsp3) is 0.500. The van der Waals surface area contributed by atoms with Gasteiger partial charge in [-0.25, -0.2) is 9.37 Å². The van der Waals surface area contributed by atoms with Crippen molar-refractivity contribution < 1.29 is 9.13 Å². The number of aryl methyl sites for hydroxylation is 1. The van der Waals surface area contributed by atoms with E-state index in [1.165, 1.54) is 6.20 Å². The Hall–Kier alpha value is -1.12. The van der Waals surface area contributed by atoms with Gasteiger partial charge in [-0.1, -0.05) is 13.3 Å². The van der Waals surface area contributed by atoms with Gasteiger partial charge in [-0.15, -0.1) is 0 Å². The quantitative estimate of drug-likeness (QED) is 0.715. The van der Waals surface area contributed by atoms with Crippen LogP contribution in [-0.2, 0) is 6.42 Å². The highest BCUT2D eigenvalue weighted by atomic mass is 19.1. The lowest BCUT2D eigenvalue weighted by Crippen LogP contribution is -1.98. The zero-order chi connectivity index (χ0) is 9.68. The monoisotopic (exact) mass is 183 g/mol. The summed E-state index contributed by atoms with van der Waals surface area (Å²) in [5, 5.41) is 0. The molecule has 0 fully saturated rings. The van der Waals surface area contributed by atoms with Gasteiger partial charge in [-0.3, -0.25) is 0 Å². The van der Waals surface area contributed by atoms with E-state index < -0.39 is 0 Å². The third kappa shape index (κ3) is 2.68. The molecule has 0 aliphatic carbocycles. The van der Waals surface area contributed by atoms with E-state index in [0.717, 1.165) is 12.8 Å². The molecule has 0 atom stereocenters. The predicted octanol–water partition coefficient (Wildman–Crippen LogP) is 2.57. The first-order valence-corrected chi connectivity index (χ1v) is 4.55. The van der Waals surface area contributed by atoms with Gasteiger partial charge in [0.2, 0.25) is 5.88 Å². The molecule has 0 aliphatic heterocycles. The number of hydrogen-bond acceptors (Lipinski definition) is 2. The summed E-state index contributed by atoms with van der Waals surface area (Å²) in [5.74, 6) is 0.262. The van der Waals surface area contributed by atoms with Crippen LogP contribution in [0.5, 0.6) is 5.88 Å². The minimum atomic E-state index is -0.245. The zero-order valence-corrected chi connectivity index (χ0v) is 8.01. The number of pyridine rings is 1. The van der Waals surface area contributed by atoms with Crippen LogP contribution in [-0.4, -0.2) is 11.6 Å². The molecule has 0 N–H and O–H groups in total. The van der Waals surface area contributed by atoms with Crippen molar-refractivity contribution in [2.75, 3.05) is 6.61 Å². The molecule has 0 bridgehead atoms. The summed E-state index contributed by atoms with van der Waals surface area (Å²) >= 11 is 0. The Morgan fingerprint density at radius 1 is 1.46 bits per heavy atom. The van der Waals surface area contributed by atoms with Crippen LogP contribution in [0.4, 0.5) is 4.39 Å². The molecular weight excluding hydrogens is 169 g/mol. The molecule has 13 heavy (non-hydrogen) atoms. The smallest absolute Gasteiger partial charge is 0.213 e. The number of hydrogen-bond donors (Lipinski definition) is 0. The maximum absolute atomic E-state index is 13.1. The lowest BCUT2D eigenvalue weighted by atomic mass is 10.1. The topological polar surface area (TPSA) is 22.1 Å². The molecule has 0 unspecified atom stereocenters. The molecule has 0 aromatic carbocycles. The van der Waals surface area contributed by atoms with Gasteiger partial charge in [0.05, 0.1) is 12.8 Å². The van der Waals surface area contributed by atoms with Crippen molar-refractivity contribution in [3.05, 3.63) is 23.6 Å². The van der Waals surface area contributed by atoms with Gasteiger partial charge in [0, 0.05) is 6.07 Å². The van der Waals surface area contributed by atoms with E-state index >= 15 is 0 Å². The lowest BCUT2D eigenvalue weighted by Gasteiger charge is -2.04. The molecule has 0 radical (unpaired) electrons. The average Bonchev–Trinajstić information content (AvgIpc) is 2.12. The molecule has 72 valence electrons. The van der Waals surface area contributed by atoms with Crippen LogP contribution in [0.2, 0.25) is 0 Å². The van der Waals surface area contributed by atoms with Crippen molar-refractivity contribution in [2.45, 2.75) is 26.7 Å². The second kappa shape index (κ2) is 4.80. The molecule has 1 aromatic rings. The van der Waals surface area contributed by atoms with E-state index in [-0.39, 0.29) is 5.82 Å². The molecule has 1 aromatic heterocycles. The van der Waals surface area contributed by atoms with E-state index in [0.29, 0.717) is 18.1 Å². The van der Waals surface area contributed by atoms with Crippen LogP contribution >= 0.6 is 0 Å². The van der Waals surface area contributed by atoms with Crippen LogP contribution in [0, 0.1) is 5.82 Å². The Morgan fingerprint density at radius 3 is 2.85 bits per heavy atom. The molecule has 0 saturated carbocycles. The van der Waals surface area contributed by atoms with E-state index in [1.54, 1.807) is 6.07 Å². The van der Waals surface area contributed by atoms with Crippen LogP contribution in [0.3, 0.4) is 0 Å². The summed E-state index contributed by atoms with van der Waals surface area (Å²) < 4.78 is 18.2. The Kier molecular flexibility index (Phi) is 3.68. The van der Waals surface area contributed by atoms with Crippen LogP contribution in [0.1, 0.15) is 25.8 Å². The summed E-state index contributed by atoms with van der Waals surface area (Å²) in [5.41, 5.74) is 0.681. The summed E-state index contributed by atoms with van der Waals surface area (Å²) in [6, 6.07) is 1.67. The number of aromatic nitrogens is 1. The Labute approximate surface area is 77.8 Å². The second-order valence-corrected chi connectivity index (χ2v) is 2.80. The molecule has 2 nitrogen and oxygen atoms in total. The van der Waals surface area contributed by atoms with E-state index in [4.69, 9.17) is 4.74 Å². The van der Waals surface area contributed by atoms with Crippen molar-refractivity contribution >= 4 is 0 Å². The minimum Gasteiger partial charge on any atom is -0.478 e. The standard InChI is InChI=1S/C10H14FNO/c1-3-5-8-6-10(13-4-2)12-7-9(8)11/h6-7H,3-5H2,1-2H3. The molecule has 3 heteroatoms. The van der Waals surface area contributed by atoms with Gasteiger partial charge in [0.15, 0.2) is 0 Å². The van der Waals surface area contributed by atoms with Crippen molar-refractivity contribution in [2.24, 2.45) is 0 Å². The van der Waals surface area contributed by atoms with Gasteiger partial charge in [0.25, 0.3) is 0 Å². The van der Waals surface area contributed by atoms with E-state index in [2.05, 4.69) is 4.98 Å². The summed E-state index contributed by atoms with van der Waals surface area (Å²) in [7, 11) is 0. The average molecular weight is 183 g/mol. The summed E-state index contributed by atoms with van der Waals surface area (Å²) in [4.78, 5) is 3.81. The van der Waals surface area contributed by atoms with Gasteiger partial charge in [-0.05, 0) is 18.9 Å². The highest BCUT2D eigenvalue weighted by molar-refractivity contribution is 5.22. The third-order valence-corrected chi connectivity index (χ3v) is 1.72. The number of rotatable bonds is 4. The normalized spacial score (nSPS) is 10.1. The highest BCUT2D eigenvalue weighted by Gasteiger charge is 2.03. The van der Waals surface area contributed by atoms with E-state index in [9.17, 15) is 4.39 Å². The molecule has 1 rings (SSSR count). The molecule has 0 amide bonds. The molecule has 0 aliphatic rings. The van der Waals surface area contributed by atoms with Gasteiger partial charge in [0.1, 0.15) is 5.82 Å². The van der Waals surface area contributed by atoms with Gasteiger partial charge < -0.3 is 4.74 Å². The summed E-state index contributed by atoms with van der Waals surface area (Å²) in [6.07, 6.45) is 2.87. The number of ether oxygens (including phenoxy) is 1. The number of nitrogens with zero attached hydrogens (tertiary/aromatic N) is 1. The van der Waals surface area contributed by atoms with Gasteiger partial charge >= 0.3 is 0 Å². The van der Waals surface area contributed by atoms with Crippen LogP contribution < -0.4 is 4.74 Å². The molecule has 0 spiro atoms. The molecular formula is C10H14FNO. The minimum absolute atomic E-state index is 0.245. The lowest BCUT2D eigenvalue weighted by molar-refractivity contribution is 0.325. The SMILES string of the molecule is CCCc1cc(OCC)ncc1F. The summed E-state index contributed by atoms with van der Waals surface area (Å²) in [6.45, 7) is 4.45. The largest absolute Gasteiger partial charge is 0.478 e. The van der Waals surface area contributed by atoms with E-state index in [1.807, 2.05) is 13.8 Å². The maximum atomic E-state index is 13.1. The second-order valence-electron chi connectivity index (χ2n) is 2.80. The van der Waals surface area contributed by atoms with Crippen molar-refractivity contribution in [3.8, 4) is 5.88 Å². The maximum Gasteiger partial charge on any atom is 0.213 e. The third-order valence-electron chi connectivity index (χ3n) is 1.72. The van der Waals surface area contributed by atoms with Crippen LogP contribution in [0.15, 0.2) is 12.3 Å². The first-order valence-electron chi connectivity index (χ1n) is 4.55. The zero-order valence-electron chi connectivity index (χ0n) is 8.01. The highest BCUT2D eigenvalue weighted by Crippen LogP contribution is 2.14. The fourth-order valence-electron chi connectivity index (χ4n) is 1.15. The molecule has 1 heterocycles. The van der Waals surface area contributed by atoms with Crippen molar-refractivity contribution in [1.82, 2.24) is 4.98 Å². The number of halogens is 1. The predicted molar refractivity (Wildman–Crippen MR) is 49.4 cm³/mol. The Morgan fingerprint density at radius 2 is 2.23 bits per heavy atom. The fourth-order valence-corrected chi connectivity index (χ4v) is 1.15. The van der Waals surface area contributed by atoms with Gasteiger partial charge in [-0.2, -0.15) is 0 Å². The first kappa shape index (κ1) is 9.96. The van der Waals surface area contributed by atoms with Crippen LogP contribution in [0.25, 0.3) is 0 Å². The molecule has 0 saturated heterocycles. The Balaban J connectivity index is 2.83. The van der Waals surface area contributed by atoms with Crippen molar-refractivity contribution in [3.63, 3.8) is 0 Å². The first-order chi connectivity index (χ1) is 6.27.